The van der Waals surface area contributed by atoms with E-state index < -0.39 is 11.5 Å². The molecule has 0 aromatic heterocycles. The minimum Gasteiger partial charge on any atom is -0.480 e. The van der Waals surface area contributed by atoms with Crippen molar-refractivity contribution in [1.29, 1.82) is 0 Å². The van der Waals surface area contributed by atoms with Crippen molar-refractivity contribution < 1.29 is 9.90 Å². The molecule has 0 radical (unpaired) electrons. The number of hydrogen-bond donors (Lipinski definition) is 1. The lowest BCUT2D eigenvalue weighted by Crippen LogP contribution is -2.50. The van der Waals surface area contributed by atoms with Crippen molar-refractivity contribution in [3.63, 3.8) is 0 Å². The van der Waals surface area contributed by atoms with E-state index in [0.717, 1.165) is 24.9 Å². The maximum absolute atomic E-state index is 11.7. The Morgan fingerprint density at radius 3 is 2.41 bits per heavy atom. The fourth-order valence-electron chi connectivity index (χ4n) is 2.50. The molecule has 3 heteroatoms. The van der Waals surface area contributed by atoms with Gasteiger partial charge in [-0.1, -0.05) is 37.3 Å². The van der Waals surface area contributed by atoms with Gasteiger partial charge in [-0.2, -0.15) is 0 Å². The van der Waals surface area contributed by atoms with Crippen LogP contribution in [-0.4, -0.2) is 28.6 Å². The molecule has 17 heavy (non-hydrogen) atoms. The molecule has 0 spiro atoms. The average Bonchev–Trinajstić information content (AvgIpc) is 3.15. The highest BCUT2D eigenvalue weighted by molar-refractivity contribution is 5.80. The van der Waals surface area contributed by atoms with E-state index in [1.807, 2.05) is 44.2 Å². The first-order valence-electron chi connectivity index (χ1n) is 6.16. The summed E-state index contributed by atoms with van der Waals surface area (Å²) in [7, 11) is 0. The van der Waals surface area contributed by atoms with Crippen molar-refractivity contribution in [3.8, 4) is 0 Å². The van der Waals surface area contributed by atoms with E-state index in [2.05, 4.69) is 4.90 Å². The van der Waals surface area contributed by atoms with Gasteiger partial charge in [-0.3, -0.25) is 4.90 Å². The molecule has 92 valence electrons. The fourth-order valence-corrected chi connectivity index (χ4v) is 2.50. The van der Waals surface area contributed by atoms with Gasteiger partial charge in [0.25, 0.3) is 0 Å². The molecule has 1 atom stereocenters. The van der Waals surface area contributed by atoms with Crippen molar-refractivity contribution in [2.24, 2.45) is 0 Å². The molecule has 1 saturated carbocycles. The first-order chi connectivity index (χ1) is 8.10. The summed E-state index contributed by atoms with van der Waals surface area (Å²) in [6.45, 7) is 4.61. The number of carbonyl (C=O) groups is 1. The molecular formula is C14H19NO2. The summed E-state index contributed by atoms with van der Waals surface area (Å²) in [5, 5.41) is 9.62. The highest BCUT2D eigenvalue weighted by atomic mass is 16.4. The maximum atomic E-state index is 11.7. The minimum absolute atomic E-state index is 0.432. The second-order valence-electron chi connectivity index (χ2n) is 4.76. The number of benzene rings is 1. The number of nitrogens with zero attached hydrogens (tertiary/aromatic N) is 1. The van der Waals surface area contributed by atoms with Gasteiger partial charge in [-0.05, 0) is 31.9 Å². The summed E-state index contributed by atoms with van der Waals surface area (Å²) in [5.41, 5.74) is -0.0433. The first-order valence-corrected chi connectivity index (χ1v) is 6.16. The number of hydrogen-bond acceptors (Lipinski definition) is 2. The fraction of sp³-hybridized carbons (Fsp3) is 0.500. The zero-order valence-corrected chi connectivity index (χ0v) is 10.4. The maximum Gasteiger partial charge on any atom is 0.328 e. The summed E-state index contributed by atoms with van der Waals surface area (Å²) < 4.78 is 0. The summed E-state index contributed by atoms with van der Waals surface area (Å²) >= 11 is 0. The summed E-state index contributed by atoms with van der Waals surface area (Å²) in [4.78, 5) is 13.8. The normalized spacial score (nSPS) is 19.0. The van der Waals surface area contributed by atoms with Gasteiger partial charge in [0.1, 0.15) is 5.54 Å². The van der Waals surface area contributed by atoms with Crippen LogP contribution in [0.15, 0.2) is 30.3 Å². The van der Waals surface area contributed by atoms with Crippen LogP contribution in [0.25, 0.3) is 0 Å². The standard InChI is InChI=1S/C14H19NO2/c1-3-15(12-9-10-12)14(2,13(16)17)11-7-5-4-6-8-11/h4-8,12H,3,9-10H2,1-2H3,(H,16,17). The van der Waals surface area contributed by atoms with Crippen molar-refractivity contribution >= 4 is 5.97 Å². The number of carboxylic acids is 1. The highest BCUT2D eigenvalue weighted by Crippen LogP contribution is 2.38. The molecule has 1 aromatic rings. The Morgan fingerprint density at radius 1 is 1.41 bits per heavy atom. The molecule has 3 nitrogen and oxygen atoms in total. The average molecular weight is 233 g/mol. The monoisotopic (exact) mass is 233 g/mol. The predicted octanol–water partition coefficient (Wildman–Crippen LogP) is 2.47. The molecular weight excluding hydrogens is 214 g/mol. The minimum atomic E-state index is -0.906. The second-order valence-corrected chi connectivity index (χ2v) is 4.76. The topological polar surface area (TPSA) is 40.5 Å². The third-order valence-electron chi connectivity index (χ3n) is 3.66. The number of carboxylic acid groups (broad SMARTS) is 1. The van der Waals surface area contributed by atoms with Gasteiger partial charge < -0.3 is 5.11 Å². The molecule has 1 fully saturated rings. The molecule has 1 aromatic carbocycles. The van der Waals surface area contributed by atoms with E-state index in [0.29, 0.717) is 6.04 Å². The molecule has 0 amide bonds. The second kappa shape index (κ2) is 4.49. The van der Waals surface area contributed by atoms with Crippen LogP contribution in [0.2, 0.25) is 0 Å². The number of likely N-dealkylation sites (N-methyl/N-ethyl adjacent to an activating group) is 1. The Morgan fingerprint density at radius 2 is 2.00 bits per heavy atom. The Labute approximate surface area is 102 Å². The Hall–Kier alpha value is -1.35. The molecule has 0 bridgehead atoms. The third-order valence-corrected chi connectivity index (χ3v) is 3.66. The lowest BCUT2D eigenvalue weighted by atomic mass is 9.89. The van der Waals surface area contributed by atoms with Crippen molar-refractivity contribution in [2.45, 2.75) is 38.3 Å². The van der Waals surface area contributed by atoms with Gasteiger partial charge in [-0.15, -0.1) is 0 Å². The molecule has 0 aliphatic heterocycles. The van der Waals surface area contributed by atoms with Crippen LogP contribution in [0.4, 0.5) is 0 Å². The van der Waals surface area contributed by atoms with Gasteiger partial charge in [0.15, 0.2) is 0 Å². The molecule has 1 N–H and O–H groups in total. The molecule has 2 rings (SSSR count). The molecule has 0 saturated heterocycles. The Kier molecular flexibility index (Phi) is 3.20. The molecule has 1 aliphatic carbocycles. The molecule has 0 heterocycles. The number of aliphatic carboxylic acids is 1. The lowest BCUT2D eigenvalue weighted by Gasteiger charge is -2.38. The highest BCUT2D eigenvalue weighted by Gasteiger charge is 2.46. The van der Waals surface area contributed by atoms with Crippen LogP contribution in [0.5, 0.6) is 0 Å². The van der Waals surface area contributed by atoms with Crippen LogP contribution in [-0.2, 0) is 10.3 Å². The van der Waals surface area contributed by atoms with Crippen molar-refractivity contribution in [3.05, 3.63) is 35.9 Å². The predicted molar refractivity (Wildman–Crippen MR) is 66.8 cm³/mol. The van der Waals surface area contributed by atoms with Crippen molar-refractivity contribution in [2.75, 3.05) is 6.54 Å². The smallest absolute Gasteiger partial charge is 0.328 e. The quantitative estimate of drug-likeness (QED) is 0.849. The summed E-state index contributed by atoms with van der Waals surface area (Å²) in [6, 6.07) is 9.95. The van der Waals surface area contributed by atoms with Gasteiger partial charge in [0.05, 0.1) is 0 Å². The van der Waals surface area contributed by atoms with E-state index in [1.54, 1.807) is 0 Å². The molecule has 1 aliphatic rings. The van der Waals surface area contributed by atoms with Gasteiger partial charge in [0.2, 0.25) is 0 Å². The Bertz CT molecular complexity index is 400. The van der Waals surface area contributed by atoms with Gasteiger partial charge >= 0.3 is 5.97 Å². The van der Waals surface area contributed by atoms with E-state index in [9.17, 15) is 9.90 Å². The number of rotatable bonds is 5. The van der Waals surface area contributed by atoms with Crippen LogP contribution >= 0.6 is 0 Å². The van der Waals surface area contributed by atoms with Gasteiger partial charge in [0, 0.05) is 6.04 Å². The SMILES string of the molecule is CCN(C1CC1)C(C)(C(=O)O)c1ccccc1. The largest absolute Gasteiger partial charge is 0.480 e. The molecule has 1 unspecified atom stereocenters. The lowest BCUT2D eigenvalue weighted by molar-refractivity contribution is -0.151. The van der Waals surface area contributed by atoms with Crippen LogP contribution in [0, 0.1) is 0 Å². The van der Waals surface area contributed by atoms with Crippen LogP contribution in [0.3, 0.4) is 0 Å². The van der Waals surface area contributed by atoms with Crippen LogP contribution < -0.4 is 0 Å². The summed E-state index contributed by atoms with van der Waals surface area (Å²) in [5.74, 6) is -0.766. The zero-order valence-electron chi connectivity index (χ0n) is 10.4. The van der Waals surface area contributed by atoms with Crippen molar-refractivity contribution in [1.82, 2.24) is 4.90 Å². The van der Waals surface area contributed by atoms with E-state index in [-0.39, 0.29) is 0 Å². The Balaban J connectivity index is 2.41. The first kappa shape index (κ1) is 12.1. The third kappa shape index (κ3) is 2.07. The van der Waals surface area contributed by atoms with Gasteiger partial charge in [-0.25, -0.2) is 4.79 Å². The van der Waals surface area contributed by atoms with E-state index >= 15 is 0 Å². The zero-order chi connectivity index (χ0) is 12.5. The van der Waals surface area contributed by atoms with E-state index in [4.69, 9.17) is 0 Å². The summed E-state index contributed by atoms with van der Waals surface area (Å²) in [6.07, 6.45) is 2.23. The van der Waals surface area contributed by atoms with E-state index in [1.165, 1.54) is 0 Å². The van der Waals surface area contributed by atoms with Crippen LogP contribution in [0.1, 0.15) is 32.3 Å².